The van der Waals surface area contributed by atoms with Gasteiger partial charge in [0.1, 0.15) is 5.82 Å². The summed E-state index contributed by atoms with van der Waals surface area (Å²) in [6.07, 6.45) is 0. The van der Waals surface area contributed by atoms with Gasteiger partial charge in [0.25, 0.3) is 0 Å². The van der Waals surface area contributed by atoms with Gasteiger partial charge in [-0.2, -0.15) is 4.98 Å². The minimum Gasteiger partial charge on any atom is -0.383 e. The third-order valence-corrected chi connectivity index (χ3v) is 5.17. The number of rotatable bonds is 2. The molecule has 0 spiro atoms. The average molecular weight is 387 g/mol. The van der Waals surface area contributed by atoms with Gasteiger partial charge in [-0.1, -0.05) is 34.8 Å². The van der Waals surface area contributed by atoms with Crippen molar-refractivity contribution in [2.24, 2.45) is 0 Å². The van der Waals surface area contributed by atoms with Crippen LogP contribution < -0.4 is 10.6 Å². The number of anilines is 2. The van der Waals surface area contributed by atoms with Crippen LogP contribution in [0.4, 0.5) is 11.8 Å². The molecule has 1 fully saturated rings. The minimum absolute atomic E-state index is 0.372. The Hall–Kier alpha value is -1.27. The third-order valence-electron chi connectivity index (χ3n) is 4.15. The number of hydrogen-bond acceptors (Lipinski definition) is 5. The summed E-state index contributed by atoms with van der Waals surface area (Å²) in [5.41, 5.74) is 8.29. The molecule has 0 radical (unpaired) electrons. The molecule has 1 aromatic carbocycles. The predicted molar refractivity (Wildman–Crippen MR) is 101 cm³/mol. The number of aromatic nitrogens is 2. The van der Waals surface area contributed by atoms with E-state index in [0.717, 1.165) is 31.9 Å². The topological polar surface area (TPSA) is 58.3 Å². The van der Waals surface area contributed by atoms with Crippen LogP contribution in [0.3, 0.4) is 0 Å². The lowest BCUT2D eigenvalue weighted by molar-refractivity contribution is 0.311. The van der Waals surface area contributed by atoms with Gasteiger partial charge in [0, 0.05) is 42.3 Å². The molecule has 2 aromatic rings. The molecule has 2 N–H and O–H groups in total. The van der Waals surface area contributed by atoms with E-state index in [9.17, 15) is 0 Å². The van der Waals surface area contributed by atoms with E-state index in [0.29, 0.717) is 38.0 Å². The van der Waals surface area contributed by atoms with Crippen LogP contribution in [0, 0.1) is 6.92 Å². The van der Waals surface area contributed by atoms with Crippen molar-refractivity contribution in [1.29, 1.82) is 0 Å². The van der Waals surface area contributed by atoms with E-state index in [2.05, 4.69) is 26.8 Å². The first-order valence-electron chi connectivity index (χ1n) is 7.59. The number of piperazine rings is 1. The van der Waals surface area contributed by atoms with Gasteiger partial charge in [-0.05, 0) is 26.1 Å². The highest BCUT2D eigenvalue weighted by Gasteiger charge is 2.21. The van der Waals surface area contributed by atoms with Gasteiger partial charge in [-0.3, -0.25) is 0 Å². The van der Waals surface area contributed by atoms with Gasteiger partial charge >= 0.3 is 0 Å². The van der Waals surface area contributed by atoms with Crippen LogP contribution >= 0.6 is 34.8 Å². The molecule has 128 valence electrons. The maximum absolute atomic E-state index is 6.33. The van der Waals surface area contributed by atoms with E-state index in [4.69, 9.17) is 40.5 Å². The van der Waals surface area contributed by atoms with Crippen molar-refractivity contribution < 1.29 is 0 Å². The molecule has 0 amide bonds. The lowest BCUT2D eigenvalue weighted by atomic mass is 10.0. The molecule has 5 nitrogen and oxygen atoms in total. The molecule has 8 heteroatoms. The maximum atomic E-state index is 6.33. The van der Waals surface area contributed by atoms with Gasteiger partial charge in [-0.15, -0.1) is 0 Å². The Morgan fingerprint density at radius 1 is 1.04 bits per heavy atom. The molecule has 1 aliphatic rings. The Bertz CT molecular complexity index is 750. The van der Waals surface area contributed by atoms with Crippen molar-refractivity contribution in [3.05, 3.63) is 32.9 Å². The fourth-order valence-electron chi connectivity index (χ4n) is 2.80. The monoisotopic (exact) mass is 385 g/mol. The molecule has 24 heavy (non-hydrogen) atoms. The fourth-order valence-corrected chi connectivity index (χ4v) is 3.50. The Morgan fingerprint density at radius 3 is 2.33 bits per heavy atom. The number of benzene rings is 1. The smallest absolute Gasteiger partial charge is 0.227 e. The largest absolute Gasteiger partial charge is 0.383 e. The Kier molecular flexibility index (Phi) is 5.06. The second kappa shape index (κ2) is 6.92. The quantitative estimate of drug-likeness (QED) is 0.797. The van der Waals surface area contributed by atoms with Crippen LogP contribution in [0.15, 0.2) is 12.1 Å². The zero-order chi connectivity index (χ0) is 17.4. The van der Waals surface area contributed by atoms with Crippen molar-refractivity contribution in [3.63, 3.8) is 0 Å². The predicted octanol–water partition coefficient (Wildman–Crippen LogP) is 3.75. The molecule has 1 aromatic heterocycles. The molecule has 0 atom stereocenters. The summed E-state index contributed by atoms with van der Waals surface area (Å²) in [6.45, 7) is 5.58. The molecular formula is C16H18Cl3N5. The number of nitrogens with zero attached hydrogens (tertiary/aromatic N) is 4. The molecular weight excluding hydrogens is 369 g/mol. The van der Waals surface area contributed by atoms with E-state index >= 15 is 0 Å². The average Bonchev–Trinajstić information content (AvgIpc) is 2.51. The summed E-state index contributed by atoms with van der Waals surface area (Å²) >= 11 is 18.6. The van der Waals surface area contributed by atoms with Crippen LogP contribution in [-0.4, -0.2) is 48.1 Å². The number of aryl methyl sites for hydroxylation is 1. The number of nitrogen functional groups attached to an aromatic ring is 1. The van der Waals surface area contributed by atoms with Gasteiger partial charge in [0.15, 0.2) is 0 Å². The Labute approximate surface area is 156 Å². The minimum atomic E-state index is 0.372. The molecule has 0 saturated carbocycles. The van der Waals surface area contributed by atoms with Gasteiger partial charge < -0.3 is 15.5 Å². The van der Waals surface area contributed by atoms with E-state index < -0.39 is 0 Å². The molecule has 3 rings (SSSR count). The summed E-state index contributed by atoms with van der Waals surface area (Å²) in [4.78, 5) is 13.5. The third kappa shape index (κ3) is 3.40. The van der Waals surface area contributed by atoms with E-state index in [1.54, 1.807) is 12.1 Å². The van der Waals surface area contributed by atoms with Crippen LogP contribution in [0.25, 0.3) is 11.1 Å². The van der Waals surface area contributed by atoms with Gasteiger partial charge in [-0.25, -0.2) is 4.98 Å². The number of hydrogen-bond donors (Lipinski definition) is 1. The van der Waals surface area contributed by atoms with Crippen molar-refractivity contribution in [2.75, 3.05) is 43.9 Å². The van der Waals surface area contributed by atoms with Crippen molar-refractivity contribution in [2.45, 2.75) is 6.92 Å². The van der Waals surface area contributed by atoms with E-state index in [1.165, 1.54) is 0 Å². The van der Waals surface area contributed by atoms with Gasteiger partial charge in [0.05, 0.1) is 15.7 Å². The normalized spacial score (nSPS) is 15.8. The maximum Gasteiger partial charge on any atom is 0.227 e. The molecule has 2 heterocycles. The highest BCUT2D eigenvalue weighted by Crippen LogP contribution is 2.39. The highest BCUT2D eigenvalue weighted by atomic mass is 35.5. The lowest BCUT2D eigenvalue weighted by Gasteiger charge is -2.32. The first-order valence-corrected chi connectivity index (χ1v) is 8.72. The molecule has 0 unspecified atom stereocenters. The summed E-state index contributed by atoms with van der Waals surface area (Å²) in [7, 11) is 2.10. The van der Waals surface area contributed by atoms with Crippen LogP contribution in [0.1, 0.15) is 5.69 Å². The molecule has 1 saturated heterocycles. The van der Waals surface area contributed by atoms with Crippen molar-refractivity contribution >= 4 is 46.6 Å². The van der Waals surface area contributed by atoms with E-state index in [1.807, 2.05) is 6.92 Å². The lowest BCUT2D eigenvalue weighted by Crippen LogP contribution is -2.45. The summed E-state index contributed by atoms with van der Waals surface area (Å²) in [6, 6.07) is 3.33. The number of likely N-dealkylation sites (N-methyl/N-ethyl adjacent to an activating group) is 1. The summed E-state index contributed by atoms with van der Waals surface area (Å²) < 4.78 is 0. The second-order valence-electron chi connectivity index (χ2n) is 5.91. The summed E-state index contributed by atoms with van der Waals surface area (Å²) in [5, 5.41) is 1.26. The van der Waals surface area contributed by atoms with Crippen LogP contribution in [0.2, 0.25) is 15.1 Å². The second-order valence-corrected chi connectivity index (χ2v) is 7.13. The molecule has 1 aliphatic heterocycles. The van der Waals surface area contributed by atoms with E-state index in [-0.39, 0.29) is 0 Å². The number of halogens is 3. The molecule has 0 aliphatic carbocycles. The zero-order valence-corrected chi connectivity index (χ0v) is 15.8. The zero-order valence-electron chi connectivity index (χ0n) is 13.5. The first kappa shape index (κ1) is 17.5. The summed E-state index contributed by atoms with van der Waals surface area (Å²) in [5.74, 6) is 1.02. The Balaban J connectivity index is 2.03. The number of nitrogens with two attached hydrogens (primary N) is 1. The SMILES string of the molecule is Cc1nc(N2CCN(C)CC2)nc(N)c1-c1cc(Cl)cc(Cl)c1Cl. The first-order chi connectivity index (χ1) is 11.4. The molecule has 0 bridgehead atoms. The standard InChI is InChI=1S/C16H18Cl3N5/c1-9-13(11-7-10(17)8-12(18)14(11)19)15(20)22-16(21-9)24-5-3-23(2)4-6-24/h7-8H,3-6H2,1-2H3,(H2,20,21,22). The fraction of sp³-hybridized carbons (Fsp3) is 0.375. The highest BCUT2D eigenvalue weighted by molar-refractivity contribution is 6.45. The van der Waals surface area contributed by atoms with Crippen LogP contribution in [0.5, 0.6) is 0 Å². The Morgan fingerprint density at radius 2 is 1.71 bits per heavy atom. The van der Waals surface area contributed by atoms with Crippen molar-refractivity contribution in [3.8, 4) is 11.1 Å². The van der Waals surface area contributed by atoms with Crippen LogP contribution in [-0.2, 0) is 0 Å². The van der Waals surface area contributed by atoms with Gasteiger partial charge in [0.2, 0.25) is 5.95 Å². The van der Waals surface area contributed by atoms with Crippen molar-refractivity contribution in [1.82, 2.24) is 14.9 Å².